The van der Waals surface area contributed by atoms with Crippen molar-refractivity contribution in [1.29, 1.82) is 0 Å². The molecule has 0 aliphatic carbocycles. The number of hydrogen-bond donors (Lipinski definition) is 0. The minimum atomic E-state index is -0.257. The Labute approximate surface area is 159 Å². The van der Waals surface area contributed by atoms with Crippen LogP contribution in [0.4, 0.5) is 4.79 Å². The second kappa shape index (κ2) is 8.57. The van der Waals surface area contributed by atoms with Crippen molar-refractivity contribution in [3.8, 4) is 11.5 Å². The van der Waals surface area contributed by atoms with Gasteiger partial charge in [-0.2, -0.15) is 0 Å². The quantitative estimate of drug-likeness (QED) is 0.346. The molecule has 0 spiro atoms. The highest BCUT2D eigenvalue weighted by Gasteiger charge is 2.33. The summed E-state index contributed by atoms with van der Waals surface area (Å²) in [6, 6.07) is 3.70. The number of imide groups is 1. The van der Waals surface area contributed by atoms with Gasteiger partial charge in [0, 0.05) is 6.54 Å². The van der Waals surface area contributed by atoms with Crippen LogP contribution in [0.5, 0.6) is 11.5 Å². The van der Waals surface area contributed by atoms with Gasteiger partial charge in [-0.15, -0.1) is 0 Å². The number of thioether (sulfide) groups is 1. The maximum absolute atomic E-state index is 12.2. The average Bonchev–Trinajstić information content (AvgIpc) is 2.80. The van der Waals surface area contributed by atoms with Crippen molar-refractivity contribution >= 4 is 51.6 Å². The zero-order valence-corrected chi connectivity index (χ0v) is 16.5. The molecular weight excluding hydrogens is 441 g/mol. The summed E-state index contributed by atoms with van der Waals surface area (Å²) in [6.45, 7) is 8.56. The van der Waals surface area contributed by atoms with Crippen LogP contribution in [0.1, 0.15) is 19.4 Å². The number of hydrogen-bond acceptors (Lipinski definition) is 5. The first-order chi connectivity index (χ1) is 11.5. The summed E-state index contributed by atoms with van der Waals surface area (Å²) in [6.07, 6.45) is 3.38. The molecule has 0 atom stereocenters. The van der Waals surface area contributed by atoms with Crippen LogP contribution in [-0.2, 0) is 4.79 Å². The second-order valence-electron chi connectivity index (χ2n) is 4.79. The van der Waals surface area contributed by atoms with Crippen LogP contribution in [0, 0.1) is 3.57 Å². The number of ether oxygens (including phenoxy) is 2. The van der Waals surface area contributed by atoms with E-state index >= 15 is 0 Å². The fourth-order valence-electron chi connectivity index (χ4n) is 2.14. The third-order valence-electron chi connectivity index (χ3n) is 3.16. The molecule has 1 saturated heterocycles. The van der Waals surface area contributed by atoms with E-state index < -0.39 is 0 Å². The molecule has 0 saturated carbocycles. The van der Waals surface area contributed by atoms with Gasteiger partial charge in [-0.3, -0.25) is 14.5 Å². The lowest BCUT2D eigenvalue weighted by molar-refractivity contribution is -0.122. The molecule has 24 heavy (non-hydrogen) atoms. The Morgan fingerprint density at radius 1 is 1.29 bits per heavy atom. The Hall–Kier alpha value is -1.48. The molecule has 7 heteroatoms. The largest absolute Gasteiger partial charge is 0.490 e. The molecule has 0 radical (unpaired) electrons. The van der Waals surface area contributed by atoms with Crippen molar-refractivity contribution in [1.82, 2.24) is 4.90 Å². The van der Waals surface area contributed by atoms with Crippen LogP contribution in [-0.4, -0.2) is 35.8 Å². The van der Waals surface area contributed by atoms with Gasteiger partial charge in [0.15, 0.2) is 11.5 Å². The van der Waals surface area contributed by atoms with E-state index in [1.807, 2.05) is 19.1 Å². The van der Waals surface area contributed by atoms with Gasteiger partial charge in [0.2, 0.25) is 0 Å². The fraction of sp³-hybridized carbons (Fsp3) is 0.294. The Balaban J connectivity index is 2.38. The zero-order chi connectivity index (χ0) is 17.7. The summed E-state index contributed by atoms with van der Waals surface area (Å²) in [5, 5.41) is -0.237. The molecule has 1 aliphatic rings. The third-order valence-corrected chi connectivity index (χ3v) is 4.87. The van der Waals surface area contributed by atoms with Crippen LogP contribution in [0.3, 0.4) is 0 Å². The summed E-state index contributed by atoms with van der Waals surface area (Å²) in [5.74, 6) is 0.996. The third kappa shape index (κ3) is 4.13. The lowest BCUT2D eigenvalue weighted by Gasteiger charge is -2.14. The normalized spacial score (nSPS) is 16.0. The van der Waals surface area contributed by atoms with E-state index in [1.54, 1.807) is 19.1 Å². The lowest BCUT2D eigenvalue weighted by atomic mass is 10.2. The molecule has 2 rings (SSSR count). The Morgan fingerprint density at radius 3 is 2.62 bits per heavy atom. The zero-order valence-electron chi connectivity index (χ0n) is 13.5. The van der Waals surface area contributed by atoms with Gasteiger partial charge in [-0.25, -0.2) is 0 Å². The summed E-state index contributed by atoms with van der Waals surface area (Å²) in [7, 11) is 0. The maximum atomic E-state index is 12.2. The van der Waals surface area contributed by atoms with E-state index in [4.69, 9.17) is 9.47 Å². The van der Waals surface area contributed by atoms with Crippen molar-refractivity contribution in [3.05, 3.63) is 38.8 Å². The molecule has 1 fully saturated rings. The molecule has 1 aromatic carbocycles. The van der Waals surface area contributed by atoms with Gasteiger partial charge in [-0.1, -0.05) is 12.7 Å². The number of amides is 2. The van der Waals surface area contributed by atoms with Crippen LogP contribution in [0.25, 0.3) is 6.08 Å². The van der Waals surface area contributed by atoms with Gasteiger partial charge < -0.3 is 9.47 Å². The first kappa shape index (κ1) is 18.9. The van der Waals surface area contributed by atoms with E-state index in [9.17, 15) is 9.59 Å². The number of carbonyl (C=O) groups is 2. The molecule has 0 N–H and O–H groups in total. The standard InChI is InChI=1S/C17H18INO4S/c1-4-7-23-15-12(18)8-11(9-13(15)22-6-3)10-14-16(20)19(5-2)17(21)24-14/h4,8-10H,1,5-7H2,2-3H3. The predicted molar refractivity (Wildman–Crippen MR) is 104 cm³/mol. The summed E-state index contributed by atoms with van der Waals surface area (Å²) >= 11 is 3.12. The second-order valence-corrected chi connectivity index (χ2v) is 6.94. The van der Waals surface area contributed by atoms with Crippen molar-refractivity contribution in [3.63, 3.8) is 0 Å². The minimum Gasteiger partial charge on any atom is -0.490 e. The number of nitrogens with zero attached hydrogens (tertiary/aromatic N) is 1. The molecule has 5 nitrogen and oxygen atoms in total. The molecule has 0 unspecified atom stereocenters. The number of likely N-dealkylation sites (N-methyl/N-ethyl adjacent to an activating group) is 1. The van der Waals surface area contributed by atoms with Crippen molar-refractivity contribution in [2.24, 2.45) is 0 Å². The summed E-state index contributed by atoms with van der Waals surface area (Å²) in [5.41, 5.74) is 0.787. The number of benzene rings is 1. The summed E-state index contributed by atoms with van der Waals surface area (Å²) < 4.78 is 12.2. The van der Waals surface area contributed by atoms with E-state index in [0.717, 1.165) is 20.9 Å². The molecule has 0 aromatic heterocycles. The molecule has 1 heterocycles. The molecule has 0 bridgehead atoms. The molecule has 1 aliphatic heterocycles. The van der Waals surface area contributed by atoms with E-state index in [-0.39, 0.29) is 11.1 Å². The topological polar surface area (TPSA) is 55.8 Å². The monoisotopic (exact) mass is 459 g/mol. The Morgan fingerprint density at radius 2 is 2.04 bits per heavy atom. The lowest BCUT2D eigenvalue weighted by Crippen LogP contribution is -2.27. The van der Waals surface area contributed by atoms with Crippen LogP contribution in [0.15, 0.2) is 29.7 Å². The van der Waals surface area contributed by atoms with Gasteiger partial charge in [-0.05, 0) is 72.0 Å². The van der Waals surface area contributed by atoms with Gasteiger partial charge in [0.05, 0.1) is 15.1 Å². The fourth-order valence-corrected chi connectivity index (χ4v) is 3.82. The smallest absolute Gasteiger partial charge is 0.293 e. The summed E-state index contributed by atoms with van der Waals surface area (Å²) in [4.78, 5) is 25.6. The Bertz CT molecular complexity index is 702. The maximum Gasteiger partial charge on any atom is 0.293 e. The van der Waals surface area contributed by atoms with Crippen LogP contribution >= 0.6 is 34.4 Å². The number of rotatable bonds is 7. The van der Waals surface area contributed by atoms with E-state index in [1.165, 1.54) is 4.90 Å². The van der Waals surface area contributed by atoms with E-state index in [2.05, 4.69) is 29.2 Å². The average molecular weight is 459 g/mol. The van der Waals surface area contributed by atoms with Crippen molar-refractivity contribution in [2.75, 3.05) is 19.8 Å². The SMILES string of the molecule is C=CCOc1c(I)cc(C=C2SC(=O)N(CC)C2=O)cc1OCC. The Kier molecular flexibility index (Phi) is 6.73. The van der Waals surface area contributed by atoms with E-state index in [0.29, 0.717) is 36.2 Å². The molecule has 1 aromatic rings. The van der Waals surface area contributed by atoms with Gasteiger partial charge >= 0.3 is 0 Å². The van der Waals surface area contributed by atoms with Gasteiger partial charge in [0.25, 0.3) is 11.1 Å². The van der Waals surface area contributed by atoms with Crippen LogP contribution < -0.4 is 9.47 Å². The predicted octanol–water partition coefficient (Wildman–Crippen LogP) is 4.31. The van der Waals surface area contributed by atoms with Crippen LogP contribution in [0.2, 0.25) is 0 Å². The first-order valence-corrected chi connectivity index (χ1v) is 9.36. The van der Waals surface area contributed by atoms with Crippen molar-refractivity contribution < 1.29 is 19.1 Å². The minimum absolute atomic E-state index is 0.237. The highest BCUT2D eigenvalue weighted by molar-refractivity contribution is 14.1. The van der Waals surface area contributed by atoms with Gasteiger partial charge in [0.1, 0.15) is 6.61 Å². The highest BCUT2D eigenvalue weighted by Crippen LogP contribution is 2.37. The van der Waals surface area contributed by atoms with Crippen molar-refractivity contribution in [2.45, 2.75) is 13.8 Å². The highest BCUT2D eigenvalue weighted by atomic mass is 127. The molecular formula is C17H18INO4S. The number of halogens is 1. The molecule has 2 amide bonds. The number of carbonyl (C=O) groups excluding carboxylic acids is 2. The first-order valence-electron chi connectivity index (χ1n) is 7.47. The molecule has 128 valence electrons.